The molecule has 1 aromatic heterocycles. The second-order valence-electron chi connectivity index (χ2n) is 5.06. The van der Waals surface area contributed by atoms with E-state index in [2.05, 4.69) is 36.5 Å². The van der Waals surface area contributed by atoms with Gasteiger partial charge >= 0.3 is 0 Å². The Labute approximate surface area is 115 Å². The predicted octanol–water partition coefficient (Wildman–Crippen LogP) is 1.40. The molecule has 0 spiro atoms. The maximum Gasteiger partial charge on any atom is 0.254 e. The number of rotatable bonds is 5. The van der Waals surface area contributed by atoms with Crippen molar-refractivity contribution in [2.75, 3.05) is 20.1 Å². The van der Waals surface area contributed by atoms with Crippen LogP contribution in [0.2, 0.25) is 0 Å². The van der Waals surface area contributed by atoms with E-state index in [1.807, 2.05) is 7.05 Å². The molecule has 0 aliphatic carbocycles. The van der Waals surface area contributed by atoms with Gasteiger partial charge in [-0.05, 0) is 40.8 Å². The summed E-state index contributed by atoms with van der Waals surface area (Å²) >= 11 is 0. The molecule has 104 valence electrons. The van der Waals surface area contributed by atoms with Crippen LogP contribution in [0.5, 0.6) is 0 Å². The van der Waals surface area contributed by atoms with Crippen molar-refractivity contribution in [3.8, 4) is 0 Å². The Bertz CT molecular complexity index is 370. The summed E-state index contributed by atoms with van der Waals surface area (Å²) in [5, 5.41) is 10.1. The van der Waals surface area contributed by atoms with E-state index in [0.29, 0.717) is 12.1 Å². The molecule has 0 radical (unpaired) electrons. The van der Waals surface area contributed by atoms with Crippen LogP contribution in [0.25, 0.3) is 0 Å². The van der Waals surface area contributed by atoms with Crippen molar-refractivity contribution in [3.05, 3.63) is 18.0 Å². The standard InChI is InChI=1S/C12H22N4O.ClH/c1-12(2,3)16-9-10(8-15-16)11(17)14-7-5-6-13-4;/h8-9,13H,5-7H2,1-4H3,(H,14,17);1H. The van der Waals surface area contributed by atoms with Gasteiger partial charge in [-0.1, -0.05) is 0 Å². The molecule has 5 nitrogen and oxygen atoms in total. The van der Waals surface area contributed by atoms with E-state index >= 15 is 0 Å². The lowest BCUT2D eigenvalue weighted by Gasteiger charge is -2.18. The summed E-state index contributed by atoms with van der Waals surface area (Å²) in [6.45, 7) is 7.74. The van der Waals surface area contributed by atoms with Gasteiger partial charge < -0.3 is 10.6 Å². The van der Waals surface area contributed by atoms with Crippen LogP contribution in [-0.4, -0.2) is 35.8 Å². The molecule has 18 heavy (non-hydrogen) atoms. The zero-order valence-corrected chi connectivity index (χ0v) is 12.3. The van der Waals surface area contributed by atoms with Gasteiger partial charge in [0.15, 0.2) is 0 Å². The van der Waals surface area contributed by atoms with Crippen LogP contribution in [0.15, 0.2) is 12.4 Å². The van der Waals surface area contributed by atoms with E-state index < -0.39 is 0 Å². The Kier molecular flexibility index (Phi) is 6.94. The van der Waals surface area contributed by atoms with Gasteiger partial charge in [0, 0.05) is 12.7 Å². The third-order valence-electron chi connectivity index (χ3n) is 2.42. The highest BCUT2D eigenvalue weighted by Crippen LogP contribution is 2.12. The highest BCUT2D eigenvalue weighted by Gasteiger charge is 2.16. The molecule has 1 amide bonds. The van der Waals surface area contributed by atoms with Gasteiger partial charge in [-0.25, -0.2) is 0 Å². The van der Waals surface area contributed by atoms with Crippen LogP contribution in [0.3, 0.4) is 0 Å². The first-order chi connectivity index (χ1) is 7.95. The van der Waals surface area contributed by atoms with Gasteiger partial charge in [0.2, 0.25) is 0 Å². The molecule has 0 aromatic carbocycles. The Morgan fingerprint density at radius 2 is 2.06 bits per heavy atom. The maximum absolute atomic E-state index is 11.8. The summed E-state index contributed by atoms with van der Waals surface area (Å²) in [6.07, 6.45) is 4.32. The van der Waals surface area contributed by atoms with Gasteiger partial charge in [0.1, 0.15) is 0 Å². The van der Waals surface area contributed by atoms with Gasteiger partial charge in [-0.3, -0.25) is 9.48 Å². The fourth-order valence-corrected chi connectivity index (χ4v) is 1.38. The first-order valence-electron chi connectivity index (χ1n) is 5.93. The summed E-state index contributed by atoms with van der Waals surface area (Å²) in [4.78, 5) is 11.8. The number of hydrogen-bond acceptors (Lipinski definition) is 3. The van der Waals surface area contributed by atoms with Crippen LogP contribution >= 0.6 is 12.4 Å². The van der Waals surface area contributed by atoms with E-state index in [0.717, 1.165) is 13.0 Å². The number of carbonyl (C=O) groups is 1. The van der Waals surface area contributed by atoms with Crippen molar-refractivity contribution in [2.45, 2.75) is 32.7 Å². The largest absolute Gasteiger partial charge is 0.352 e. The third kappa shape index (κ3) is 5.06. The average Bonchev–Trinajstić information content (AvgIpc) is 2.72. The number of nitrogens with one attached hydrogen (secondary N) is 2. The number of carbonyl (C=O) groups excluding carboxylic acids is 1. The molecule has 0 unspecified atom stereocenters. The molecule has 1 rings (SSSR count). The van der Waals surface area contributed by atoms with Gasteiger partial charge in [-0.2, -0.15) is 5.10 Å². The molecule has 1 aromatic rings. The smallest absolute Gasteiger partial charge is 0.254 e. The van der Waals surface area contributed by atoms with Gasteiger partial charge in [0.05, 0.1) is 17.3 Å². The van der Waals surface area contributed by atoms with E-state index in [-0.39, 0.29) is 23.9 Å². The molecular weight excluding hydrogens is 252 g/mol. The summed E-state index contributed by atoms with van der Waals surface area (Å²) in [6, 6.07) is 0. The van der Waals surface area contributed by atoms with Crippen LogP contribution in [0.1, 0.15) is 37.6 Å². The number of hydrogen-bond donors (Lipinski definition) is 2. The summed E-state index contributed by atoms with van der Waals surface area (Å²) in [5.74, 6) is -0.0587. The third-order valence-corrected chi connectivity index (χ3v) is 2.42. The zero-order valence-electron chi connectivity index (χ0n) is 11.5. The van der Waals surface area contributed by atoms with Crippen molar-refractivity contribution >= 4 is 18.3 Å². The SMILES string of the molecule is CNCCCNC(=O)c1cnn(C(C)(C)C)c1.Cl. The minimum atomic E-state index is -0.0926. The van der Waals surface area contributed by atoms with E-state index in [9.17, 15) is 4.79 Å². The Morgan fingerprint density at radius 1 is 1.39 bits per heavy atom. The molecule has 0 saturated carbocycles. The van der Waals surface area contributed by atoms with Crippen LogP contribution in [-0.2, 0) is 5.54 Å². The molecule has 0 fully saturated rings. The van der Waals surface area contributed by atoms with Crippen molar-refractivity contribution in [1.29, 1.82) is 0 Å². The van der Waals surface area contributed by atoms with Crippen molar-refractivity contribution < 1.29 is 4.79 Å². The van der Waals surface area contributed by atoms with Crippen molar-refractivity contribution in [2.24, 2.45) is 0 Å². The Balaban J connectivity index is 0.00000289. The Hall–Kier alpha value is -1.07. The van der Waals surface area contributed by atoms with Gasteiger partial charge in [-0.15, -0.1) is 12.4 Å². The number of halogens is 1. The predicted molar refractivity (Wildman–Crippen MR) is 75.3 cm³/mol. The van der Waals surface area contributed by atoms with Crippen LogP contribution in [0, 0.1) is 0 Å². The summed E-state index contributed by atoms with van der Waals surface area (Å²) < 4.78 is 1.80. The topological polar surface area (TPSA) is 58.9 Å². The Morgan fingerprint density at radius 3 is 2.56 bits per heavy atom. The lowest BCUT2D eigenvalue weighted by Crippen LogP contribution is -2.26. The molecule has 0 aliphatic heterocycles. The molecule has 0 aliphatic rings. The summed E-state index contributed by atoms with van der Waals surface area (Å²) in [7, 11) is 1.90. The zero-order chi connectivity index (χ0) is 12.9. The fourth-order valence-electron chi connectivity index (χ4n) is 1.38. The molecule has 2 N–H and O–H groups in total. The first kappa shape index (κ1) is 16.9. The molecule has 0 saturated heterocycles. The minimum absolute atomic E-state index is 0. The highest BCUT2D eigenvalue weighted by atomic mass is 35.5. The minimum Gasteiger partial charge on any atom is -0.352 e. The maximum atomic E-state index is 11.8. The lowest BCUT2D eigenvalue weighted by molar-refractivity contribution is 0.0953. The first-order valence-corrected chi connectivity index (χ1v) is 5.93. The molecule has 0 bridgehead atoms. The normalized spacial score (nSPS) is 10.9. The van der Waals surface area contributed by atoms with E-state index in [1.54, 1.807) is 17.1 Å². The number of nitrogens with zero attached hydrogens (tertiary/aromatic N) is 2. The van der Waals surface area contributed by atoms with Crippen molar-refractivity contribution in [3.63, 3.8) is 0 Å². The fraction of sp³-hybridized carbons (Fsp3) is 0.667. The second kappa shape index (κ2) is 7.38. The van der Waals surface area contributed by atoms with E-state index in [4.69, 9.17) is 0 Å². The number of aromatic nitrogens is 2. The van der Waals surface area contributed by atoms with Crippen molar-refractivity contribution in [1.82, 2.24) is 20.4 Å². The molecular formula is C12H23ClN4O. The number of amides is 1. The monoisotopic (exact) mass is 274 g/mol. The van der Waals surface area contributed by atoms with Crippen LogP contribution < -0.4 is 10.6 Å². The van der Waals surface area contributed by atoms with Gasteiger partial charge in [0.25, 0.3) is 5.91 Å². The quantitative estimate of drug-likeness (QED) is 0.798. The molecule has 6 heteroatoms. The molecule has 0 atom stereocenters. The second-order valence-corrected chi connectivity index (χ2v) is 5.06. The van der Waals surface area contributed by atoms with Crippen LogP contribution in [0.4, 0.5) is 0 Å². The molecule has 1 heterocycles. The summed E-state index contributed by atoms with van der Waals surface area (Å²) in [5.41, 5.74) is 0.523. The highest BCUT2D eigenvalue weighted by molar-refractivity contribution is 5.93. The lowest BCUT2D eigenvalue weighted by atomic mass is 10.1. The average molecular weight is 275 g/mol. The van der Waals surface area contributed by atoms with E-state index in [1.165, 1.54) is 0 Å².